The van der Waals surface area contributed by atoms with Gasteiger partial charge in [-0.3, -0.25) is 14.4 Å². The molecule has 0 aliphatic heterocycles. The van der Waals surface area contributed by atoms with E-state index in [2.05, 4.69) is 20.7 Å². The van der Waals surface area contributed by atoms with E-state index in [0.717, 1.165) is 28.8 Å². The van der Waals surface area contributed by atoms with E-state index in [0.29, 0.717) is 5.56 Å². The summed E-state index contributed by atoms with van der Waals surface area (Å²) < 4.78 is 82.3. The standard InChI is InChI=1S/C30H25ClF6N4O4/c1-16(2)26(42)38-14-17-3-9-23(31)22(11-17)27(43)40-20-6-10-24-18(12-20)13-25(41(24)15-29(32,33)34)28(44)39-19-4-7-21(8-5-19)45-30(35,36)37/h3-13,16H,14-15H2,1-2H3,(H,38,42)(H,39,44)(H,40,43). The summed E-state index contributed by atoms with van der Waals surface area (Å²) in [7, 11) is 0. The second-order valence-electron chi connectivity index (χ2n) is 10.2. The van der Waals surface area contributed by atoms with Crippen molar-refractivity contribution in [2.24, 2.45) is 5.92 Å². The molecule has 3 aromatic carbocycles. The fourth-order valence-electron chi connectivity index (χ4n) is 4.27. The predicted molar refractivity (Wildman–Crippen MR) is 155 cm³/mol. The summed E-state index contributed by atoms with van der Waals surface area (Å²) in [6.45, 7) is 2.11. The fourth-order valence-corrected chi connectivity index (χ4v) is 4.47. The third kappa shape index (κ3) is 8.91. The lowest BCUT2D eigenvalue weighted by Gasteiger charge is -2.14. The van der Waals surface area contributed by atoms with E-state index in [9.17, 15) is 40.7 Å². The number of anilines is 2. The van der Waals surface area contributed by atoms with Crippen LogP contribution < -0.4 is 20.7 Å². The molecule has 3 amide bonds. The number of hydrogen-bond acceptors (Lipinski definition) is 4. The molecule has 1 aromatic heterocycles. The molecule has 0 aliphatic rings. The Morgan fingerprint density at radius 2 is 1.49 bits per heavy atom. The summed E-state index contributed by atoms with van der Waals surface area (Å²) in [4.78, 5) is 38.0. The molecular formula is C30H25ClF6N4O4. The van der Waals surface area contributed by atoms with Crippen LogP contribution in [0.3, 0.4) is 0 Å². The zero-order valence-electron chi connectivity index (χ0n) is 23.6. The fraction of sp³-hybridized carbons (Fsp3) is 0.233. The summed E-state index contributed by atoms with van der Waals surface area (Å²) in [5, 5.41) is 8.05. The van der Waals surface area contributed by atoms with Crippen LogP contribution >= 0.6 is 11.6 Å². The van der Waals surface area contributed by atoms with Crippen molar-refractivity contribution in [2.45, 2.75) is 39.5 Å². The molecular weight excluding hydrogens is 630 g/mol. The first kappa shape index (κ1) is 33.2. The number of alkyl halides is 6. The average Bonchev–Trinajstić information content (AvgIpc) is 3.28. The van der Waals surface area contributed by atoms with E-state index in [4.69, 9.17) is 11.6 Å². The maximum Gasteiger partial charge on any atom is 0.573 e. The Bertz CT molecular complexity index is 1730. The molecule has 238 valence electrons. The minimum atomic E-state index is -4.93. The molecule has 0 unspecified atom stereocenters. The lowest BCUT2D eigenvalue weighted by molar-refractivity contribution is -0.274. The predicted octanol–water partition coefficient (Wildman–Crippen LogP) is 7.53. The van der Waals surface area contributed by atoms with Gasteiger partial charge in [0.15, 0.2) is 0 Å². The molecule has 3 N–H and O–H groups in total. The van der Waals surface area contributed by atoms with Crippen LogP contribution in [0.15, 0.2) is 66.7 Å². The van der Waals surface area contributed by atoms with E-state index < -0.39 is 36.6 Å². The molecule has 0 atom stereocenters. The van der Waals surface area contributed by atoms with Gasteiger partial charge in [0, 0.05) is 34.7 Å². The highest BCUT2D eigenvalue weighted by Crippen LogP contribution is 2.30. The normalized spacial score (nSPS) is 11.9. The largest absolute Gasteiger partial charge is 0.573 e. The van der Waals surface area contributed by atoms with Gasteiger partial charge in [0.25, 0.3) is 11.8 Å². The second-order valence-corrected chi connectivity index (χ2v) is 10.6. The number of halogens is 7. The van der Waals surface area contributed by atoms with E-state index in [1.807, 2.05) is 0 Å². The number of carbonyl (C=O) groups excluding carboxylic acids is 3. The van der Waals surface area contributed by atoms with Crippen molar-refractivity contribution < 1.29 is 45.5 Å². The van der Waals surface area contributed by atoms with Crippen LogP contribution in [0.4, 0.5) is 37.7 Å². The number of amides is 3. The van der Waals surface area contributed by atoms with Crippen molar-refractivity contribution >= 4 is 51.6 Å². The van der Waals surface area contributed by atoms with Gasteiger partial charge < -0.3 is 25.3 Å². The number of carbonyl (C=O) groups is 3. The number of benzene rings is 3. The maximum absolute atomic E-state index is 13.5. The van der Waals surface area contributed by atoms with Crippen LogP contribution in [0.5, 0.6) is 5.75 Å². The van der Waals surface area contributed by atoms with E-state index in [1.165, 1.54) is 36.4 Å². The quantitative estimate of drug-likeness (QED) is 0.162. The molecule has 15 heteroatoms. The molecule has 0 fully saturated rings. The number of rotatable bonds is 9. The molecule has 4 aromatic rings. The Balaban J connectivity index is 1.57. The molecule has 0 spiro atoms. The first-order valence-corrected chi connectivity index (χ1v) is 13.6. The number of hydrogen-bond donors (Lipinski definition) is 3. The van der Waals surface area contributed by atoms with Crippen molar-refractivity contribution in [3.8, 4) is 5.75 Å². The summed E-state index contributed by atoms with van der Waals surface area (Å²) in [5.41, 5.74) is 0.546. The molecule has 1 heterocycles. The van der Waals surface area contributed by atoms with Gasteiger partial charge in [-0.15, -0.1) is 13.2 Å². The van der Waals surface area contributed by atoms with Crippen LogP contribution in [0.2, 0.25) is 5.02 Å². The van der Waals surface area contributed by atoms with Gasteiger partial charge in [-0.2, -0.15) is 13.2 Å². The average molecular weight is 655 g/mol. The van der Waals surface area contributed by atoms with Gasteiger partial charge in [0.1, 0.15) is 18.0 Å². The van der Waals surface area contributed by atoms with E-state index in [-0.39, 0.29) is 56.9 Å². The number of fused-ring (bicyclic) bond motifs is 1. The van der Waals surface area contributed by atoms with E-state index >= 15 is 0 Å². The van der Waals surface area contributed by atoms with Gasteiger partial charge in [0.05, 0.1) is 10.6 Å². The third-order valence-corrected chi connectivity index (χ3v) is 6.67. The monoisotopic (exact) mass is 654 g/mol. The third-order valence-electron chi connectivity index (χ3n) is 6.34. The minimum Gasteiger partial charge on any atom is -0.406 e. The highest BCUT2D eigenvalue weighted by atomic mass is 35.5. The lowest BCUT2D eigenvalue weighted by Crippen LogP contribution is -2.27. The van der Waals surface area contributed by atoms with Crippen molar-refractivity contribution in [2.75, 3.05) is 10.6 Å². The Labute approximate surface area is 257 Å². The first-order chi connectivity index (χ1) is 21.0. The molecule has 0 saturated carbocycles. The van der Waals surface area contributed by atoms with Gasteiger partial charge in [-0.05, 0) is 66.2 Å². The highest BCUT2D eigenvalue weighted by molar-refractivity contribution is 6.34. The SMILES string of the molecule is CC(C)C(=O)NCc1ccc(Cl)c(C(=O)Nc2ccc3c(c2)cc(C(=O)Nc2ccc(OC(F)(F)F)cc2)n3CC(F)(F)F)c1. The van der Waals surface area contributed by atoms with Gasteiger partial charge >= 0.3 is 12.5 Å². The summed E-state index contributed by atoms with van der Waals surface area (Å²) in [6, 6.07) is 13.9. The van der Waals surface area contributed by atoms with Crippen LogP contribution in [-0.2, 0) is 17.9 Å². The second kappa shape index (κ2) is 13.1. The number of nitrogens with zero attached hydrogens (tertiary/aromatic N) is 1. The van der Waals surface area contributed by atoms with Crippen molar-refractivity contribution in [1.29, 1.82) is 0 Å². The molecule has 0 aliphatic carbocycles. The lowest BCUT2D eigenvalue weighted by atomic mass is 10.1. The molecule has 0 bridgehead atoms. The van der Waals surface area contributed by atoms with Crippen LogP contribution in [0, 0.1) is 5.92 Å². The molecule has 4 rings (SSSR count). The maximum atomic E-state index is 13.5. The van der Waals surface area contributed by atoms with Crippen molar-refractivity contribution in [1.82, 2.24) is 9.88 Å². The van der Waals surface area contributed by atoms with Crippen molar-refractivity contribution in [3.63, 3.8) is 0 Å². The number of ether oxygens (including phenoxy) is 1. The molecule has 0 saturated heterocycles. The first-order valence-electron chi connectivity index (χ1n) is 13.2. The van der Waals surface area contributed by atoms with E-state index in [1.54, 1.807) is 19.9 Å². The molecule has 8 nitrogen and oxygen atoms in total. The molecule has 45 heavy (non-hydrogen) atoms. The Hall–Kier alpha value is -4.72. The zero-order valence-corrected chi connectivity index (χ0v) is 24.3. The smallest absolute Gasteiger partial charge is 0.406 e. The minimum absolute atomic E-state index is 0.00849. The summed E-state index contributed by atoms with van der Waals surface area (Å²) in [6.07, 6.45) is -9.63. The Morgan fingerprint density at radius 3 is 2.11 bits per heavy atom. The van der Waals surface area contributed by atoms with Gasteiger partial charge in [0.2, 0.25) is 5.91 Å². The Kier molecular flexibility index (Phi) is 9.66. The topological polar surface area (TPSA) is 101 Å². The van der Waals surface area contributed by atoms with Crippen LogP contribution in [0.1, 0.15) is 40.3 Å². The Morgan fingerprint density at radius 1 is 0.844 bits per heavy atom. The molecule has 0 radical (unpaired) electrons. The highest BCUT2D eigenvalue weighted by Gasteiger charge is 2.32. The van der Waals surface area contributed by atoms with Gasteiger partial charge in [-0.25, -0.2) is 0 Å². The van der Waals surface area contributed by atoms with Crippen LogP contribution in [0.25, 0.3) is 10.9 Å². The number of aromatic nitrogens is 1. The zero-order chi connectivity index (χ0) is 33.1. The van der Waals surface area contributed by atoms with Gasteiger partial charge in [-0.1, -0.05) is 31.5 Å². The number of nitrogens with one attached hydrogen (secondary N) is 3. The summed E-state index contributed by atoms with van der Waals surface area (Å²) >= 11 is 6.23. The summed E-state index contributed by atoms with van der Waals surface area (Å²) in [5.74, 6) is -2.54. The van der Waals surface area contributed by atoms with Crippen LogP contribution in [-0.4, -0.2) is 34.8 Å². The van der Waals surface area contributed by atoms with Crippen molar-refractivity contribution in [3.05, 3.63) is 88.6 Å².